The summed E-state index contributed by atoms with van der Waals surface area (Å²) in [5, 5.41) is 3.12. The van der Waals surface area contributed by atoms with Gasteiger partial charge in [-0.15, -0.1) is 0 Å². The van der Waals surface area contributed by atoms with Crippen molar-refractivity contribution in [3.05, 3.63) is 59.4 Å². The summed E-state index contributed by atoms with van der Waals surface area (Å²) in [6, 6.07) is 11.4. The van der Waals surface area contributed by atoms with Crippen molar-refractivity contribution in [3.63, 3.8) is 0 Å². The summed E-state index contributed by atoms with van der Waals surface area (Å²) < 4.78 is 5.20. The Hall–Kier alpha value is -2.36. The lowest BCUT2D eigenvalue weighted by atomic mass is 9.97. The maximum atomic E-state index is 12.4. The molecule has 0 spiro atoms. The molecule has 0 unspecified atom stereocenters. The summed E-state index contributed by atoms with van der Waals surface area (Å²) in [7, 11) is 1.62. The van der Waals surface area contributed by atoms with Crippen LogP contribution in [0.3, 0.4) is 0 Å². The van der Waals surface area contributed by atoms with E-state index in [2.05, 4.69) is 24.1 Å². The smallest absolute Gasteiger partial charge is 0.224 e. The van der Waals surface area contributed by atoms with Crippen LogP contribution in [0.1, 0.15) is 36.7 Å². The molecule has 1 N–H and O–H groups in total. The number of hydrogen-bond donors (Lipinski definition) is 1. The number of ether oxygens (including phenoxy) is 1. The zero-order valence-corrected chi connectivity index (χ0v) is 14.2. The van der Waals surface area contributed by atoms with Gasteiger partial charge in [-0.05, 0) is 42.2 Å². The molecular formula is C19H24N2O2. The van der Waals surface area contributed by atoms with E-state index in [-0.39, 0.29) is 17.9 Å². The average Bonchev–Trinajstić information content (AvgIpc) is 2.53. The SMILES string of the molecule is COc1cccc(CC(=O)N[C@H](c2ncccc2C)C(C)C)c1. The van der Waals surface area contributed by atoms with E-state index >= 15 is 0 Å². The molecule has 0 aliphatic heterocycles. The number of aromatic nitrogens is 1. The lowest BCUT2D eigenvalue weighted by Gasteiger charge is -2.23. The number of nitrogens with one attached hydrogen (secondary N) is 1. The third kappa shape index (κ3) is 4.55. The molecule has 4 nitrogen and oxygen atoms in total. The lowest BCUT2D eigenvalue weighted by molar-refractivity contribution is -0.121. The number of pyridine rings is 1. The maximum absolute atomic E-state index is 12.4. The van der Waals surface area contributed by atoms with E-state index in [9.17, 15) is 4.79 Å². The number of carbonyl (C=O) groups is 1. The van der Waals surface area contributed by atoms with E-state index in [1.54, 1.807) is 13.3 Å². The van der Waals surface area contributed by atoms with Crippen LogP contribution in [0, 0.1) is 12.8 Å². The van der Waals surface area contributed by atoms with Gasteiger partial charge in [-0.3, -0.25) is 9.78 Å². The van der Waals surface area contributed by atoms with Crippen molar-refractivity contribution in [1.82, 2.24) is 10.3 Å². The molecule has 2 aromatic rings. The summed E-state index contributed by atoms with van der Waals surface area (Å²) in [5.74, 6) is 1.01. The van der Waals surface area contributed by atoms with Crippen molar-refractivity contribution < 1.29 is 9.53 Å². The van der Waals surface area contributed by atoms with Crippen LogP contribution in [-0.4, -0.2) is 18.0 Å². The molecule has 1 aromatic heterocycles. The highest BCUT2D eigenvalue weighted by molar-refractivity contribution is 5.79. The highest BCUT2D eigenvalue weighted by Crippen LogP contribution is 2.23. The highest BCUT2D eigenvalue weighted by atomic mass is 16.5. The second-order valence-electron chi connectivity index (χ2n) is 6.02. The van der Waals surface area contributed by atoms with Crippen LogP contribution in [0.4, 0.5) is 0 Å². The Labute approximate surface area is 137 Å². The standard InChI is InChI=1S/C19H24N2O2/c1-13(2)18(19-14(3)7-6-10-20-19)21-17(22)12-15-8-5-9-16(11-15)23-4/h5-11,13,18H,12H2,1-4H3,(H,21,22)/t18-/m0/s1. The third-order valence-electron chi connectivity index (χ3n) is 3.83. The first-order valence-corrected chi connectivity index (χ1v) is 7.85. The summed E-state index contributed by atoms with van der Waals surface area (Å²) >= 11 is 0. The molecule has 1 heterocycles. The summed E-state index contributed by atoms with van der Waals surface area (Å²) in [6.45, 7) is 6.20. The Bertz CT molecular complexity index is 668. The quantitative estimate of drug-likeness (QED) is 0.889. The zero-order valence-electron chi connectivity index (χ0n) is 14.2. The Morgan fingerprint density at radius 1 is 1.26 bits per heavy atom. The van der Waals surface area contributed by atoms with Gasteiger partial charge in [0.1, 0.15) is 5.75 Å². The number of rotatable bonds is 6. The molecule has 0 fully saturated rings. The fourth-order valence-electron chi connectivity index (χ4n) is 2.57. The van der Waals surface area contributed by atoms with Gasteiger partial charge in [-0.1, -0.05) is 32.0 Å². The molecule has 4 heteroatoms. The fraction of sp³-hybridized carbons (Fsp3) is 0.368. The predicted octanol–water partition coefficient (Wildman–Crippen LogP) is 3.45. The molecule has 1 amide bonds. The number of aryl methyl sites for hydroxylation is 1. The molecule has 0 saturated carbocycles. The van der Waals surface area contributed by atoms with Crippen molar-refractivity contribution in [2.24, 2.45) is 5.92 Å². The van der Waals surface area contributed by atoms with E-state index in [4.69, 9.17) is 4.74 Å². The Morgan fingerprint density at radius 3 is 2.70 bits per heavy atom. The number of amides is 1. The Balaban J connectivity index is 2.11. The Kier molecular flexibility index (Phi) is 5.74. The molecule has 0 aliphatic carbocycles. The predicted molar refractivity (Wildman–Crippen MR) is 91.4 cm³/mol. The van der Waals surface area contributed by atoms with Crippen LogP contribution in [0.25, 0.3) is 0 Å². The van der Waals surface area contributed by atoms with Crippen molar-refractivity contribution in [2.75, 3.05) is 7.11 Å². The molecule has 0 aliphatic rings. The van der Waals surface area contributed by atoms with Gasteiger partial charge in [0.25, 0.3) is 0 Å². The van der Waals surface area contributed by atoms with Crippen molar-refractivity contribution in [1.29, 1.82) is 0 Å². The van der Waals surface area contributed by atoms with Gasteiger partial charge in [0.15, 0.2) is 0 Å². The molecule has 1 atom stereocenters. The van der Waals surface area contributed by atoms with E-state index < -0.39 is 0 Å². The van der Waals surface area contributed by atoms with Gasteiger partial charge in [-0.25, -0.2) is 0 Å². The fourth-order valence-corrected chi connectivity index (χ4v) is 2.57. The highest BCUT2D eigenvalue weighted by Gasteiger charge is 2.21. The van der Waals surface area contributed by atoms with E-state index in [1.807, 2.05) is 43.3 Å². The maximum Gasteiger partial charge on any atom is 0.224 e. The van der Waals surface area contributed by atoms with Crippen LogP contribution < -0.4 is 10.1 Å². The number of methoxy groups -OCH3 is 1. The van der Waals surface area contributed by atoms with Crippen LogP contribution in [0.15, 0.2) is 42.6 Å². The second kappa shape index (κ2) is 7.77. The van der Waals surface area contributed by atoms with E-state index in [0.29, 0.717) is 6.42 Å². The van der Waals surface area contributed by atoms with E-state index in [0.717, 1.165) is 22.6 Å². The van der Waals surface area contributed by atoms with E-state index in [1.165, 1.54) is 0 Å². The molecule has 23 heavy (non-hydrogen) atoms. The molecule has 1 aromatic carbocycles. The first-order valence-electron chi connectivity index (χ1n) is 7.85. The van der Waals surface area contributed by atoms with Crippen molar-refractivity contribution >= 4 is 5.91 Å². The van der Waals surface area contributed by atoms with Crippen LogP contribution >= 0.6 is 0 Å². The van der Waals surface area contributed by atoms with Crippen molar-refractivity contribution in [3.8, 4) is 5.75 Å². The largest absolute Gasteiger partial charge is 0.497 e. The van der Waals surface area contributed by atoms with Crippen LogP contribution in [-0.2, 0) is 11.2 Å². The summed E-state index contributed by atoms with van der Waals surface area (Å²) in [5.41, 5.74) is 2.96. The van der Waals surface area contributed by atoms with Gasteiger partial charge in [0.05, 0.1) is 25.3 Å². The third-order valence-corrected chi connectivity index (χ3v) is 3.83. The first-order chi connectivity index (χ1) is 11.0. The summed E-state index contributed by atoms with van der Waals surface area (Å²) in [4.78, 5) is 16.9. The lowest BCUT2D eigenvalue weighted by Crippen LogP contribution is -2.33. The van der Waals surface area contributed by atoms with Gasteiger partial charge >= 0.3 is 0 Å². The number of benzene rings is 1. The van der Waals surface area contributed by atoms with Crippen molar-refractivity contribution in [2.45, 2.75) is 33.2 Å². The minimum atomic E-state index is -0.0886. The van der Waals surface area contributed by atoms with Gasteiger partial charge < -0.3 is 10.1 Å². The average molecular weight is 312 g/mol. The minimum absolute atomic E-state index is 0.0120. The molecule has 0 bridgehead atoms. The normalized spacial score (nSPS) is 12.0. The number of carbonyl (C=O) groups excluding carboxylic acids is 1. The number of nitrogens with zero attached hydrogens (tertiary/aromatic N) is 1. The van der Waals surface area contributed by atoms with Gasteiger partial charge in [0, 0.05) is 6.20 Å². The Morgan fingerprint density at radius 2 is 2.04 bits per heavy atom. The van der Waals surface area contributed by atoms with Crippen LogP contribution in [0.5, 0.6) is 5.75 Å². The molecular weight excluding hydrogens is 288 g/mol. The molecule has 0 saturated heterocycles. The monoisotopic (exact) mass is 312 g/mol. The van der Waals surface area contributed by atoms with Gasteiger partial charge in [-0.2, -0.15) is 0 Å². The van der Waals surface area contributed by atoms with Gasteiger partial charge in [0.2, 0.25) is 5.91 Å². The first kappa shape index (κ1) is 17.0. The topological polar surface area (TPSA) is 51.2 Å². The zero-order chi connectivity index (χ0) is 16.8. The van der Waals surface area contributed by atoms with Crippen LogP contribution in [0.2, 0.25) is 0 Å². The molecule has 2 rings (SSSR count). The molecule has 122 valence electrons. The molecule has 0 radical (unpaired) electrons. The minimum Gasteiger partial charge on any atom is -0.497 e. The summed E-state index contributed by atoms with van der Waals surface area (Å²) in [6.07, 6.45) is 2.10. The number of hydrogen-bond acceptors (Lipinski definition) is 3. The second-order valence-corrected chi connectivity index (χ2v) is 6.02.